The molecule has 2 aromatic carbocycles. The molecule has 0 saturated carbocycles. The van der Waals surface area contributed by atoms with Gasteiger partial charge in [0, 0.05) is 17.4 Å². The van der Waals surface area contributed by atoms with Crippen LogP contribution in [0.2, 0.25) is 5.04 Å². The summed E-state index contributed by atoms with van der Waals surface area (Å²) in [5, 5.41) is 5.79. The predicted molar refractivity (Wildman–Crippen MR) is 136 cm³/mol. The Morgan fingerprint density at radius 3 is 1.88 bits per heavy atom. The second kappa shape index (κ2) is 10.8. The van der Waals surface area contributed by atoms with Crippen LogP contribution < -0.4 is 10.4 Å². The van der Waals surface area contributed by atoms with Gasteiger partial charge in [0.2, 0.25) is 0 Å². The molecule has 33 heavy (non-hydrogen) atoms. The lowest BCUT2D eigenvalue weighted by atomic mass is 10.0. The van der Waals surface area contributed by atoms with Crippen molar-refractivity contribution >= 4 is 24.7 Å². The van der Waals surface area contributed by atoms with E-state index in [1.165, 1.54) is 0 Å². The highest BCUT2D eigenvalue weighted by Crippen LogP contribution is 2.37. The number of hydrogen-bond acceptors (Lipinski definition) is 4. The average molecular weight is 466 g/mol. The summed E-state index contributed by atoms with van der Waals surface area (Å²) in [6.45, 7) is 15.9. The van der Waals surface area contributed by atoms with E-state index >= 15 is 0 Å². The van der Waals surface area contributed by atoms with Crippen molar-refractivity contribution in [3.63, 3.8) is 0 Å². The van der Waals surface area contributed by atoms with Crippen LogP contribution in [0.4, 0.5) is 0 Å². The largest absolute Gasteiger partial charge is 0.460 e. The van der Waals surface area contributed by atoms with Crippen molar-refractivity contribution in [2.75, 3.05) is 6.61 Å². The molecule has 0 bridgehead atoms. The summed E-state index contributed by atoms with van der Waals surface area (Å²) in [7, 11) is -2.81. The van der Waals surface area contributed by atoms with Crippen molar-refractivity contribution in [3.8, 4) is 0 Å². The molecule has 0 aromatic heterocycles. The van der Waals surface area contributed by atoms with E-state index in [-0.39, 0.29) is 11.6 Å². The first-order chi connectivity index (χ1) is 15.5. The summed E-state index contributed by atoms with van der Waals surface area (Å²) in [4.78, 5) is 15.7. The van der Waals surface area contributed by atoms with Crippen molar-refractivity contribution in [2.45, 2.75) is 58.2 Å². The van der Waals surface area contributed by atoms with Gasteiger partial charge >= 0.3 is 5.97 Å². The first-order valence-corrected chi connectivity index (χ1v) is 13.0. The quantitative estimate of drug-likeness (QED) is 0.124. The van der Waals surface area contributed by atoms with Crippen molar-refractivity contribution in [1.29, 1.82) is 0 Å². The topological polar surface area (TPSA) is 84.3 Å². The molecule has 0 aliphatic heterocycles. The molecule has 0 unspecified atom stereocenters. The van der Waals surface area contributed by atoms with Crippen LogP contribution in [0.15, 0.2) is 78.4 Å². The molecule has 6 nitrogen and oxygen atoms in total. The molecule has 2 aromatic rings. The number of carbonyl (C=O) groups excluding carboxylic acids is 1. The second-order valence-corrected chi connectivity index (χ2v) is 14.4. The Bertz CT molecular complexity index is 936. The maximum Gasteiger partial charge on any atom is 0.316 e. The van der Waals surface area contributed by atoms with E-state index < -0.39 is 31.8 Å². The monoisotopic (exact) mass is 465 g/mol. The Balaban J connectivity index is 2.53. The Hall–Kier alpha value is -2.86. The summed E-state index contributed by atoms with van der Waals surface area (Å²) >= 11 is 0. The molecule has 0 fully saturated rings. The molecule has 0 N–H and O–H groups in total. The number of rotatable bonds is 9. The number of carbonyl (C=O) groups is 1. The molecule has 0 saturated heterocycles. The first kappa shape index (κ1) is 26.4. The van der Waals surface area contributed by atoms with Crippen molar-refractivity contribution in [2.24, 2.45) is 11.0 Å². The number of nitrogens with zero attached hydrogens (tertiary/aromatic N) is 3. The van der Waals surface area contributed by atoms with E-state index in [2.05, 4.69) is 61.6 Å². The summed E-state index contributed by atoms with van der Waals surface area (Å²) in [5.41, 5.74) is 8.42. The van der Waals surface area contributed by atoms with Crippen LogP contribution in [0.1, 0.15) is 41.5 Å². The summed E-state index contributed by atoms with van der Waals surface area (Å²) in [6, 6.07) is 19.4. The van der Waals surface area contributed by atoms with Gasteiger partial charge in [0.25, 0.3) is 8.32 Å². The molecule has 2 rings (SSSR count). The number of ether oxygens (including phenoxy) is 1. The normalized spacial score (nSPS) is 14.0. The van der Waals surface area contributed by atoms with Crippen LogP contribution in [0, 0.1) is 5.92 Å². The van der Waals surface area contributed by atoms with Crippen LogP contribution in [0.3, 0.4) is 0 Å². The summed E-state index contributed by atoms with van der Waals surface area (Å²) in [6.07, 6.45) is 1.61. The average Bonchev–Trinajstić information content (AvgIpc) is 2.75. The maximum atomic E-state index is 12.8. The molecular formula is C26H35N3O3Si. The molecule has 0 aliphatic rings. The van der Waals surface area contributed by atoms with E-state index in [1.54, 1.807) is 26.8 Å². The predicted octanol–water partition coefficient (Wildman–Crippen LogP) is 5.39. The molecule has 0 spiro atoms. The van der Waals surface area contributed by atoms with Gasteiger partial charge in [-0.3, -0.25) is 4.79 Å². The minimum absolute atomic E-state index is 0.166. The third-order valence-electron chi connectivity index (χ3n) is 5.44. The third kappa shape index (κ3) is 6.35. The van der Waals surface area contributed by atoms with Crippen molar-refractivity contribution in [1.82, 2.24) is 0 Å². The van der Waals surface area contributed by atoms with Crippen LogP contribution in [-0.2, 0) is 14.0 Å². The number of esters is 1. The summed E-state index contributed by atoms with van der Waals surface area (Å²) in [5.74, 6) is -1.13. The Kier molecular flexibility index (Phi) is 8.67. The highest BCUT2D eigenvalue weighted by molar-refractivity contribution is 6.99. The van der Waals surface area contributed by atoms with Gasteiger partial charge < -0.3 is 9.16 Å². The van der Waals surface area contributed by atoms with Gasteiger partial charge in [-0.25, -0.2) is 0 Å². The lowest BCUT2D eigenvalue weighted by molar-refractivity contribution is -0.157. The van der Waals surface area contributed by atoms with Gasteiger partial charge in [-0.2, -0.15) is 0 Å². The molecule has 0 radical (unpaired) electrons. The van der Waals surface area contributed by atoms with Crippen LogP contribution in [-0.4, -0.2) is 32.5 Å². The first-order valence-electron chi connectivity index (χ1n) is 11.1. The van der Waals surface area contributed by atoms with Gasteiger partial charge in [0.05, 0.1) is 0 Å². The number of hydrogen-bond donors (Lipinski definition) is 0. The van der Waals surface area contributed by atoms with Crippen LogP contribution in [0.5, 0.6) is 0 Å². The van der Waals surface area contributed by atoms with E-state index in [0.717, 1.165) is 10.4 Å². The highest BCUT2D eigenvalue weighted by Gasteiger charge is 2.50. The van der Waals surface area contributed by atoms with E-state index in [1.807, 2.05) is 36.4 Å². The fourth-order valence-corrected chi connectivity index (χ4v) is 8.59. The van der Waals surface area contributed by atoms with Gasteiger partial charge in [0.15, 0.2) is 0 Å². The van der Waals surface area contributed by atoms with Gasteiger partial charge in [-0.05, 0) is 41.7 Å². The SMILES string of the molecule is C=C[C@H](CO[Si](c1ccccc1)(c1ccccc1)C(C)(C)C)[C@H](N=[N+]=[N-])C(=O)OC(C)(C)C. The molecule has 0 aliphatic carbocycles. The van der Waals surface area contributed by atoms with Gasteiger partial charge in [-0.15, -0.1) is 6.58 Å². The fourth-order valence-electron chi connectivity index (χ4n) is 4.00. The molecular weight excluding hydrogens is 430 g/mol. The number of benzene rings is 2. The zero-order valence-electron chi connectivity index (χ0n) is 20.5. The Morgan fingerprint density at radius 1 is 1.03 bits per heavy atom. The highest BCUT2D eigenvalue weighted by atomic mass is 28.4. The van der Waals surface area contributed by atoms with Crippen LogP contribution in [0.25, 0.3) is 10.4 Å². The van der Waals surface area contributed by atoms with Crippen molar-refractivity contribution in [3.05, 3.63) is 83.8 Å². The molecule has 7 heteroatoms. The smallest absolute Gasteiger partial charge is 0.316 e. The Morgan fingerprint density at radius 2 is 1.52 bits per heavy atom. The standard InChI is InChI=1S/C26H35N3O3Si/c1-8-20(23(28-29-27)24(30)32-25(2,3)4)19-31-33(26(5,6)7,21-15-11-9-12-16-21)22-17-13-10-14-18-22/h8-18,20,23H,1,19H2,2-7H3/t20-,23+/m1/s1. The minimum Gasteiger partial charge on any atom is -0.460 e. The lowest BCUT2D eigenvalue weighted by Crippen LogP contribution is -2.67. The van der Waals surface area contributed by atoms with Crippen LogP contribution >= 0.6 is 0 Å². The molecule has 0 heterocycles. The molecule has 176 valence electrons. The van der Waals surface area contributed by atoms with Gasteiger partial charge in [-0.1, -0.05) is 92.6 Å². The van der Waals surface area contributed by atoms with Crippen molar-refractivity contribution < 1.29 is 14.0 Å². The summed E-state index contributed by atoms with van der Waals surface area (Å²) < 4.78 is 12.4. The van der Waals surface area contributed by atoms with E-state index in [0.29, 0.717) is 0 Å². The lowest BCUT2D eigenvalue weighted by Gasteiger charge is -2.43. The second-order valence-electron chi connectivity index (χ2n) is 10.1. The maximum absolute atomic E-state index is 12.8. The fraction of sp³-hybridized carbons (Fsp3) is 0.423. The minimum atomic E-state index is -2.81. The third-order valence-corrected chi connectivity index (χ3v) is 10.4. The Labute approximate surface area is 198 Å². The van der Waals surface area contributed by atoms with Gasteiger partial charge in [0.1, 0.15) is 11.6 Å². The van der Waals surface area contributed by atoms with E-state index in [9.17, 15) is 4.79 Å². The molecule has 2 atom stereocenters. The molecule has 0 amide bonds. The zero-order valence-corrected chi connectivity index (χ0v) is 21.5. The number of azide groups is 1. The van der Waals surface area contributed by atoms with E-state index in [4.69, 9.17) is 14.7 Å². The zero-order chi connectivity index (χ0) is 24.7.